The molecule has 1 aromatic carbocycles. The van der Waals surface area contributed by atoms with Gasteiger partial charge in [0.1, 0.15) is 10.9 Å². The zero-order valence-corrected chi connectivity index (χ0v) is 12.9. The molecule has 1 atom stereocenters. The maximum absolute atomic E-state index is 12.3. The van der Waals surface area contributed by atoms with Crippen LogP contribution in [0.4, 0.5) is 5.69 Å². The standard InChI is InChI=1S/C14H21N3O3S/c1-2-9-16-21(19,20)13-8-4-3-6-11(13)17-12-7-5-10-15-14(12)18/h3-4,6,8,12,16-17H,2,5,7,9-10H2,1H3,(H,15,18). The number of carbonyl (C=O) groups is 1. The number of piperidine rings is 1. The van der Waals surface area contributed by atoms with Gasteiger partial charge in [-0.15, -0.1) is 0 Å². The van der Waals surface area contributed by atoms with Crippen LogP contribution in [-0.2, 0) is 14.8 Å². The van der Waals surface area contributed by atoms with E-state index in [1.165, 1.54) is 0 Å². The number of hydrogen-bond acceptors (Lipinski definition) is 4. The van der Waals surface area contributed by atoms with Crippen LogP contribution in [0.1, 0.15) is 26.2 Å². The van der Waals surface area contributed by atoms with Gasteiger partial charge in [0.05, 0.1) is 5.69 Å². The molecule has 0 radical (unpaired) electrons. The van der Waals surface area contributed by atoms with Crippen LogP contribution in [0.5, 0.6) is 0 Å². The van der Waals surface area contributed by atoms with Gasteiger partial charge in [0.15, 0.2) is 0 Å². The van der Waals surface area contributed by atoms with E-state index in [4.69, 9.17) is 0 Å². The Bertz CT molecular complexity index is 601. The number of amides is 1. The Labute approximate surface area is 125 Å². The van der Waals surface area contributed by atoms with E-state index >= 15 is 0 Å². The van der Waals surface area contributed by atoms with Gasteiger partial charge in [0, 0.05) is 13.1 Å². The van der Waals surface area contributed by atoms with Crippen LogP contribution in [0.2, 0.25) is 0 Å². The highest BCUT2D eigenvalue weighted by atomic mass is 32.2. The fraction of sp³-hybridized carbons (Fsp3) is 0.500. The van der Waals surface area contributed by atoms with E-state index in [0.717, 1.165) is 12.8 Å². The summed E-state index contributed by atoms with van der Waals surface area (Å²) in [7, 11) is -3.57. The topological polar surface area (TPSA) is 87.3 Å². The minimum absolute atomic E-state index is 0.0880. The van der Waals surface area contributed by atoms with E-state index in [1.54, 1.807) is 24.3 Å². The highest BCUT2D eigenvalue weighted by molar-refractivity contribution is 7.89. The van der Waals surface area contributed by atoms with Crippen LogP contribution in [0.3, 0.4) is 0 Å². The van der Waals surface area contributed by atoms with Crippen molar-refractivity contribution in [3.8, 4) is 0 Å². The van der Waals surface area contributed by atoms with Crippen LogP contribution in [0.25, 0.3) is 0 Å². The summed E-state index contributed by atoms with van der Waals surface area (Å²) < 4.78 is 27.1. The summed E-state index contributed by atoms with van der Waals surface area (Å²) in [5, 5.41) is 5.83. The van der Waals surface area contributed by atoms with E-state index in [9.17, 15) is 13.2 Å². The zero-order chi connectivity index (χ0) is 15.3. The maximum Gasteiger partial charge on any atom is 0.242 e. The van der Waals surface area contributed by atoms with Crippen molar-refractivity contribution in [3.05, 3.63) is 24.3 Å². The van der Waals surface area contributed by atoms with E-state index in [2.05, 4.69) is 15.4 Å². The molecule has 1 aromatic rings. The lowest BCUT2D eigenvalue weighted by Gasteiger charge is -2.24. The lowest BCUT2D eigenvalue weighted by molar-refractivity contribution is -0.123. The predicted molar refractivity (Wildman–Crippen MR) is 81.6 cm³/mol. The minimum atomic E-state index is -3.57. The summed E-state index contributed by atoms with van der Waals surface area (Å²) in [6.07, 6.45) is 2.30. The number of nitrogens with one attached hydrogen (secondary N) is 3. The summed E-state index contributed by atoms with van der Waals surface area (Å²) >= 11 is 0. The Morgan fingerprint density at radius 3 is 2.81 bits per heavy atom. The summed E-state index contributed by atoms with van der Waals surface area (Å²) in [4.78, 5) is 12.0. The molecule has 1 aliphatic heterocycles. The molecule has 1 amide bonds. The fourth-order valence-electron chi connectivity index (χ4n) is 2.23. The molecule has 0 aliphatic carbocycles. The second-order valence-electron chi connectivity index (χ2n) is 5.02. The zero-order valence-electron chi connectivity index (χ0n) is 12.1. The molecule has 1 unspecified atom stereocenters. The molecule has 0 aromatic heterocycles. The van der Waals surface area contributed by atoms with Crippen molar-refractivity contribution in [3.63, 3.8) is 0 Å². The molecule has 6 nitrogen and oxygen atoms in total. The monoisotopic (exact) mass is 311 g/mol. The summed E-state index contributed by atoms with van der Waals surface area (Å²) in [5.41, 5.74) is 0.461. The van der Waals surface area contributed by atoms with E-state index in [0.29, 0.717) is 25.2 Å². The molecule has 1 aliphatic rings. The molecular formula is C14H21N3O3S. The van der Waals surface area contributed by atoms with Gasteiger partial charge in [-0.1, -0.05) is 19.1 Å². The molecule has 2 rings (SSSR count). The van der Waals surface area contributed by atoms with E-state index in [-0.39, 0.29) is 16.8 Å². The number of rotatable bonds is 6. The molecule has 7 heteroatoms. The minimum Gasteiger partial charge on any atom is -0.373 e. The number of para-hydroxylation sites is 1. The highest BCUT2D eigenvalue weighted by Gasteiger charge is 2.24. The molecule has 1 heterocycles. The molecule has 0 spiro atoms. The Balaban J connectivity index is 2.22. The lowest BCUT2D eigenvalue weighted by atomic mass is 10.1. The number of sulfonamides is 1. The number of benzene rings is 1. The average molecular weight is 311 g/mol. The van der Waals surface area contributed by atoms with Gasteiger partial charge in [-0.25, -0.2) is 13.1 Å². The molecule has 0 bridgehead atoms. The van der Waals surface area contributed by atoms with Gasteiger partial charge in [-0.2, -0.15) is 0 Å². The van der Waals surface area contributed by atoms with Crippen molar-refractivity contribution in [2.24, 2.45) is 0 Å². The Morgan fingerprint density at radius 1 is 1.33 bits per heavy atom. The molecule has 3 N–H and O–H groups in total. The number of anilines is 1. The molecule has 0 saturated carbocycles. The van der Waals surface area contributed by atoms with E-state index < -0.39 is 10.0 Å². The van der Waals surface area contributed by atoms with Crippen molar-refractivity contribution in [2.75, 3.05) is 18.4 Å². The number of hydrogen-bond donors (Lipinski definition) is 3. The van der Waals surface area contributed by atoms with E-state index in [1.807, 2.05) is 6.92 Å². The first kappa shape index (κ1) is 15.8. The largest absolute Gasteiger partial charge is 0.373 e. The summed E-state index contributed by atoms with van der Waals surface area (Å²) in [6.45, 7) is 2.97. The fourth-order valence-corrected chi connectivity index (χ4v) is 3.53. The summed E-state index contributed by atoms with van der Waals surface area (Å²) in [5.74, 6) is -0.0880. The van der Waals surface area contributed by atoms with Gasteiger partial charge in [-0.3, -0.25) is 4.79 Å². The van der Waals surface area contributed by atoms with Gasteiger partial charge >= 0.3 is 0 Å². The van der Waals surface area contributed by atoms with Crippen molar-refractivity contribution in [2.45, 2.75) is 37.1 Å². The highest BCUT2D eigenvalue weighted by Crippen LogP contribution is 2.22. The molecule has 21 heavy (non-hydrogen) atoms. The van der Waals surface area contributed by atoms with Crippen LogP contribution in [0.15, 0.2) is 29.2 Å². The van der Waals surface area contributed by atoms with Crippen LogP contribution in [-0.4, -0.2) is 33.5 Å². The second-order valence-corrected chi connectivity index (χ2v) is 6.76. The van der Waals surface area contributed by atoms with Crippen molar-refractivity contribution < 1.29 is 13.2 Å². The van der Waals surface area contributed by atoms with Crippen LogP contribution >= 0.6 is 0 Å². The Hall–Kier alpha value is -1.60. The summed E-state index contributed by atoms with van der Waals surface area (Å²) in [6, 6.07) is 6.26. The smallest absolute Gasteiger partial charge is 0.242 e. The molecule has 1 fully saturated rings. The third kappa shape index (κ3) is 3.95. The van der Waals surface area contributed by atoms with Gasteiger partial charge in [0.2, 0.25) is 15.9 Å². The third-order valence-electron chi connectivity index (χ3n) is 3.33. The first-order valence-corrected chi connectivity index (χ1v) is 8.66. The van der Waals surface area contributed by atoms with Crippen LogP contribution < -0.4 is 15.4 Å². The normalized spacial score (nSPS) is 19.1. The van der Waals surface area contributed by atoms with Gasteiger partial charge in [-0.05, 0) is 31.4 Å². The lowest BCUT2D eigenvalue weighted by Crippen LogP contribution is -2.44. The first-order valence-electron chi connectivity index (χ1n) is 7.17. The second kappa shape index (κ2) is 6.91. The van der Waals surface area contributed by atoms with Crippen molar-refractivity contribution >= 4 is 21.6 Å². The molecule has 1 saturated heterocycles. The molecular weight excluding hydrogens is 290 g/mol. The maximum atomic E-state index is 12.3. The SMILES string of the molecule is CCCNS(=O)(=O)c1ccccc1NC1CCCNC1=O. The quantitative estimate of drug-likeness (QED) is 0.733. The molecule has 116 valence electrons. The van der Waals surface area contributed by atoms with Crippen LogP contribution in [0, 0.1) is 0 Å². The van der Waals surface area contributed by atoms with Crippen molar-refractivity contribution in [1.82, 2.24) is 10.0 Å². The Morgan fingerprint density at radius 2 is 2.10 bits per heavy atom. The van der Waals surface area contributed by atoms with Crippen molar-refractivity contribution in [1.29, 1.82) is 0 Å². The van der Waals surface area contributed by atoms with Gasteiger partial charge < -0.3 is 10.6 Å². The Kier molecular flexibility index (Phi) is 5.19. The van der Waals surface area contributed by atoms with Gasteiger partial charge in [0.25, 0.3) is 0 Å². The first-order chi connectivity index (χ1) is 10.0. The average Bonchev–Trinajstić information content (AvgIpc) is 2.48. The predicted octanol–water partition coefficient (Wildman–Crippen LogP) is 1.07. The number of carbonyl (C=O) groups excluding carboxylic acids is 1. The third-order valence-corrected chi connectivity index (χ3v) is 4.85.